The number of rotatable bonds is 4. The lowest BCUT2D eigenvalue weighted by atomic mass is 10.2. The Hall–Kier alpha value is -1.39. The molecule has 0 unspecified atom stereocenters. The summed E-state index contributed by atoms with van der Waals surface area (Å²) >= 11 is 0. The molecule has 0 saturated carbocycles. The van der Waals surface area contributed by atoms with E-state index in [9.17, 15) is 4.39 Å². The topological polar surface area (TPSA) is 49.7 Å². The van der Waals surface area contributed by atoms with Gasteiger partial charge in [-0.15, -0.1) is 0 Å². The molecular formula is C11H13FO3. The summed E-state index contributed by atoms with van der Waals surface area (Å²) < 4.78 is 18.2. The molecule has 2 N–H and O–H groups in total. The van der Waals surface area contributed by atoms with Gasteiger partial charge in [0, 0.05) is 0 Å². The molecule has 0 amide bonds. The van der Waals surface area contributed by atoms with Gasteiger partial charge in [0.15, 0.2) is 17.9 Å². The lowest BCUT2D eigenvalue weighted by molar-refractivity contribution is 0.00303. The van der Waals surface area contributed by atoms with Crippen molar-refractivity contribution in [2.45, 2.75) is 13.2 Å². The third-order valence-corrected chi connectivity index (χ3v) is 1.72. The molecule has 1 aromatic carbocycles. The van der Waals surface area contributed by atoms with Crippen LogP contribution in [0.3, 0.4) is 0 Å². The van der Waals surface area contributed by atoms with Gasteiger partial charge >= 0.3 is 0 Å². The van der Waals surface area contributed by atoms with Crippen molar-refractivity contribution in [3.05, 3.63) is 35.7 Å². The second kappa shape index (κ2) is 5.48. The van der Waals surface area contributed by atoms with Gasteiger partial charge in [-0.05, 0) is 30.7 Å². The van der Waals surface area contributed by atoms with E-state index in [0.717, 1.165) is 0 Å². The quantitative estimate of drug-likeness (QED) is 0.744. The van der Waals surface area contributed by atoms with Crippen LogP contribution >= 0.6 is 0 Å². The van der Waals surface area contributed by atoms with Crippen LogP contribution in [-0.2, 0) is 0 Å². The zero-order valence-electron chi connectivity index (χ0n) is 8.35. The normalized spacial score (nSPS) is 11.3. The van der Waals surface area contributed by atoms with Gasteiger partial charge in [0.25, 0.3) is 0 Å². The molecule has 0 aromatic heterocycles. The summed E-state index contributed by atoms with van der Waals surface area (Å²) in [5.41, 5.74) is 0.646. The second-order valence-corrected chi connectivity index (χ2v) is 2.90. The minimum Gasteiger partial charge on any atom is -0.491 e. The second-order valence-electron chi connectivity index (χ2n) is 2.90. The fraction of sp³-hybridized carbons (Fsp3) is 0.273. The van der Waals surface area contributed by atoms with Crippen LogP contribution in [0.25, 0.3) is 6.08 Å². The summed E-state index contributed by atoms with van der Waals surface area (Å²) in [6.07, 6.45) is 1.15. The molecule has 0 spiro atoms. The van der Waals surface area contributed by atoms with Crippen molar-refractivity contribution in [1.29, 1.82) is 0 Å². The van der Waals surface area contributed by atoms with Crippen LogP contribution < -0.4 is 4.74 Å². The van der Waals surface area contributed by atoms with Crippen molar-refractivity contribution >= 4 is 6.08 Å². The highest BCUT2D eigenvalue weighted by molar-refractivity contribution is 5.52. The first kappa shape index (κ1) is 11.7. The average Bonchev–Trinajstić information content (AvgIpc) is 2.19. The van der Waals surface area contributed by atoms with Gasteiger partial charge in [-0.3, -0.25) is 0 Å². The Morgan fingerprint density at radius 1 is 1.47 bits per heavy atom. The van der Waals surface area contributed by atoms with E-state index in [4.69, 9.17) is 14.9 Å². The number of halogens is 1. The molecule has 0 bridgehead atoms. The van der Waals surface area contributed by atoms with Crippen LogP contribution in [0.1, 0.15) is 12.5 Å². The maximum Gasteiger partial charge on any atom is 0.171 e. The Labute approximate surface area is 87.4 Å². The Kier molecular flexibility index (Phi) is 4.27. The van der Waals surface area contributed by atoms with Crippen molar-refractivity contribution < 1.29 is 19.3 Å². The highest BCUT2D eigenvalue weighted by Crippen LogP contribution is 2.19. The van der Waals surface area contributed by atoms with Crippen LogP contribution in [-0.4, -0.2) is 23.1 Å². The first-order chi connectivity index (χ1) is 7.13. The highest BCUT2D eigenvalue weighted by atomic mass is 19.1. The molecule has 3 nitrogen and oxygen atoms in total. The molecule has 0 fully saturated rings. The minimum atomic E-state index is -1.51. The van der Waals surface area contributed by atoms with Crippen molar-refractivity contribution in [3.8, 4) is 5.75 Å². The Morgan fingerprint density at radius 2 is 2.20 bits per heavy atom. The van der Waals surface area contributed by atoms with E-state index >= 15 is 0 Å². The van der Waals surface area contributed by atoms with Gasteiger partial charge in [0.1, 0.15) is 0 Å². The van der Waals surface area contributed by atoms with Crippen LogP contribution in [0, 0.1) is 5.82 Å². The summed E-state index contributed by atoms with van der Waals surface area (Å²) in [5.74, 6) is -0.273. The molecule has 1 aromatic rings. The van der Waals surface area contributed by atoms with Gasteiger partial charge in [-0.25, -0.2) is 4.39 Å². The molecule has 0 heterocycles. The zero-order chi connectivity index (χ0) is 11.3. The van der Waals surface area contributed by atoms with E-state index in [1.165, 1.54) is 30.4 Å². The Balaban J connectivity index is 2.87. The lowest BCUT2D eigenvalue weighted by Gasteiger charge is -2.05. The van der Waals surface area contributed by atoms with Crippen LogP contribution in [0.5, 0.6) is 5.75 Å². The predicted molar refractivity (Wildman–Crippen MR) is 54.8 cm³/mol. The van der Waals surface area contributed by atoms with Gasteiger partial charge in [0.2, 0.25) is 0 Å². The highest BCUT2D eigenvalue weighted by Gasteiger charge is 2.02. The number of aliphatic hydroxyl groups is 2. The van der Waals surface area contributed by atoms with Crippen LogP contribution in [0.4, 0.5) is 4.39 Å². The molecule has 15 heavy (non-hydrogen) atoms. The third kappa shape index (κ3) is 3.69. The maximum absolute atomic E-state index is 13.1. The molecule has 0 aliphatic rings. The standard InChI is InChI=1S/C11H13FO3/c1-2-15-10-7-8(3-5-9(10)12)4-6-11(13)14/h3-7,11,13-14H,2H2,1H3/b6-4+. The largest absolute Gasteiger partial charge is 0.491 e. The minimum absolute atomic E-state index is 0.159. The molecule has 1 rings (SSSR count). The fourth-order valence-electron chi connectivity index (χ4n) is 1.09. The van der Waals surface area contributed by atoms with Crippen molar-refractivity contribution in [3.63, 3.8) is 0 Å². The molecular weight excluding hydrogens is 199 g/mol. The third-order valence-electron chi connectivity index (χ3n) is 1.72. The van der Waals surface area contributed by atoms with E-state index in [0.29, 0.717) is 12.2 Å². The van der Waals surface area contributed by atoms with Crippen molar-refractivity contribution in [2.75, 3.05) is 6.61 Å². The predicted octanol–water partition coefficient (Wildman–Crippen LogP) is 1.55. The van der Waals surface area contributed by atoms with E-state index in [-0.39, 0.29) is 5.75 Å². The van der Waals surface area contributed by atoms with E-state index in [1.54, 1.807) is 6.92 Å². The van der Waals surface area contributed by atoms with Crippen molar-refractivity contribution in [2.24, 2.45) is 0 Å². The van der Waals surface area contributed by atoms with Crippen LogP contribution in [0.2, 0.25) is 0 Å². The molecule has 0 saturated heterocycles. The number of hydrogen-bond donors (Lipinski definition) is 2. The van der Waals surface area contributed by atoms with Gasteiger partial charge in [-0.1, -0.05) is 12.1 Å². The maximum atomic E-state index is 13.1. The smallest absolute Gasteiger partial charge is 0.171 e. The number of ether oxygens (including phenoxy) is 1. The summed E-state index contributed by atoms with van der Waals surface area (Å²) in [4.78, 5) is 0. The molecule has 0 atom stereocenters. The SMILES string of the molecule is CCOc1cc(/C=C/C(O)O)ccc1F. The van der Waals surface area contributed by atoms with Crippen LogP contribution in [0.15, 0.2) is 24.3 Å². The number of hydrogen-bond acceptors (Lipinski definition) is 3. The van der Waals surface area contributed by atoms with E-state index in [1.807, 2.05) is 0 Å². The molecule has 82 valence electrons. The van der Waals surface area contributed by atoms with Gasteiger partial charge in [0.05, 0.1) is 6.61 Å². The summed E-state index contributed by atoms with van der Waals surface area (Å²) in [7, 11) is 0. The van der Waals surface area contributed by atoms with Gasteiger partial charge in [-0.2, -0.15) is 0 Å². The Bertz CT molecular complexity index is 348. The fourth-order valence-corrected chi connectivity index (χ4v) is 1.09. The molecule has 0 aliphatic carbocycles. The summed E-state index contributed by atoms with van der Waals surface area (Å²) in [5, 5.41) is 17.2. The summed E-state index contributed by atoms with van der Waals surface area (Å²) in [6.45, 7) is 2.14. The molecule has 0 radical (unpaired) electrons. The van der Waals surface area contributed by atoms with E-state index in [2.05, 4.69) is 0 Å². The molecule has 0 aliphatic heterocycles. The Morgan fingerprint density at radius 3 is 2.80 bits per heavy atom. The van der Waals surface area contributed by atoms with E-state index < -0.39 is 12.1 Å². The average molecular weight is 212 g/mol. The monoisotopic (exact) mass is 212 g/mol. The first-order valence-electron chi connectivity index (χ1n) is 4.60. The number of aliphatic hydroxyl groups excluding tert-OH is 1. The molecule has 4 heteroatoms. The number of benzene rings is 1. The van der Waals surface area contributed by atoms with Gasteiger partial charge < -0.3 is 14.9 Å². The zero-order valence-corrected chi connectivity index (χ0v) is 8.35. The van der Waals surface area contributed by atoms with Crippen molar-refractivity contribution in [1.82, 2.24) is 0 Å². The summed E-state index contributed by atoms with van der Waals surface area (Å²) in [6, 6.07) is 4.29. The first-order valence-corrected chi connectivity index (χ1v) is 4.60. The lowest BCUT2D eigenvalue weighted by Crippen LogP contribution is -1.97.